The molecule has 0 aliphatic heterocycles. The third-order valence-electron chi connectivity index (χ3n) is 4.13. The first-order chi connectivity index (χ1) is 11.6. The Morgan fingerprint density at radius 1 is 0.792 bits per heavy atom. The topological polar surface area (TPSA) is 38.0 Å². The van der Waals surface area contributed by atoms with Gasteiger partial charge in [-0.05, 0) is 47.4 Å². The van der Waals surface area contributed by atoms with E-state index in [-0.39, 0.29) is 12.2 Å². The fourth-order valence-corrected chi connectivity index (χ4v) is 3.18. The lowest BCUT2D eigenvalue weighted by Crippen LogP contribution is -2.31. The Morgan fingerprint density at radius 2 is 1.42 bits per heavy atom. The van der Waals surface area contributed by atoms with Gasteiger partial charge in [0.15, 0.2) is 0 Å². The number of rotatable bonds is 5. The van der Waals surface area contributed by atoms with Gasteiger partial charge in [-0.25, -0.2) is 0 Å². The van der Waals surface area contributed by atoms with Crippen molar-refractivity contribution in [3.05, 3.63) is 94.5 Å². The van der Waals surface area contributed by atoms with Gasteiger partial charge in [0, 0.05) is 10.5 Å². The summed E-state index contributed by atoms with van der Waals surface area (Å²) in [7, 11) is 0. The van der Waals surface area contributed by atoms with Crippen molar-refractivity contribution in [2.45, 2.75) is 19.1 Å². The predicted octanol–water partition coefficient (Wildman–Crippen LogP) is 5.42. The summed E-state index contributed by atoms with van der Waals surface area (Å²) in [5, 5.41) is 3.47. The van der Waals surface area contributed by atoms with E-state index in [9.17, 15) is 0 Å². The van der Waals surface area contributed by atoms with Crippen LogP contribution in [-0.4, -0.2) is 0 Å². The summed E-state index contributed by atoms with van der Waals surface area (Å²) < 4.78 is 1.07. The van der Waals surface area contributed by atoms with Crippen LogP contribution in [0, 0.1) is 0 Å². The van der Waals surface area contributed by atoms with Crippen LogP contribution in [0.2, 0.25) is 0 Å². The molecule has 3 rings (SSSR count). The summed E-state index contributed by atoms with van der Waals surface area (Å²) in [6, 6.07) is 27.2. The maximum Gasteiger partial charge on any atom is 0.0814 e. The fourth-order valence-electron chi connectivity index (χ4n) is 2.78. The SMILES string of the molecule is CC(NC(N)c1cccc(-c2cccc(Br)c2)c1)c1ccccc1. The van der Waals surface area contributed by atoms with E-state index in [0.29, 0.717) is 0 Å². The molecule has 3 heteroatoms. The van der Waals surface area contributed by atoms with Gasteiger partial charge in [0.25, 0.3) is 0 Å². The second-order valence-electron chi connectivity index (χ2n) is 5.91. The highest BCUT2D eigenvalue weighted by molar-refractivity contribution is 9.10. The molecule has 0 spiro atoms. The zero-order chi connectivity index (χ0) is 16.9. The number of hydrogen-bond acceptors (Lipinski definition) is 2. The van der Waals surface area contributed by atoms with E-state index in [1.807, 2.05) is 30.3 Å². The van der Waals surface area contributed by atoms with Gasteiger partial charge >= 0.3 is 0 Å². The molecule has 0 saturated carbocycles. The van der Waals surface area contributed by atoms with E-state index in [4.69, 9.17) is 5.73 Å². The molecule has 2 unspecified atom stereocenters. The van der Waals surface area contributed by atoms with Gasteiger partial charge in [0.05, 0.1) is 6.17 Å². The van der Waals surface area contributed by atoms with Gasteiger partial charge in [0.2, 0.25) is 0 Å². The molecule has 0 fully saturated rings. The van der Waals surface area contributed by atoms with Crippen molar-refractivity contribution in [2.24, 2.45) is 5.73 Å². The Bertz CT molecular complexity index is 802. The average Bonchev–Trinajstić information content (AvgIpc) is 2.62. The molecule has 3 aromatic rings. The first kappa shape index (κ1) is 16.9. The Balaban J connectivity index is 1.78. The summed E-state index contributed by atoms with van der Waals surface area (Å²) in [6.45, 7) is 2.13. The van der Waals surface area contributed by atoms with Crippen molar-refractivity contribution >= 4 is 15.9 Å². The molecule has 0 bridgehead atoms. The van der Waals surface area contributed by atoms with Gasteiger partial charge in [-0.3, -0.25) is 5.32 Å². The van der Waals surface area contributed by atoms with Gasteiger partial charge in [-0.15, -0.1) is 0 Å². The number of nitrogens with two attached hydrogens (primary N) is 1. The highest BCUT2D eigenvalue weighted by Crippen LogP contribution is 2.25. The van der Waals surface area contributed by atoms with Gasteiger partial charge in [-0.1, -0.05) is 76.6 Å². The molecule has 0 radical (unpaired) electrons. The smallest absolute Gasteiger partial charge is 0.0814 e. The maximum atomic E-state index is 6.39. The highest BCUT2D eigenvalue weighted by atomic mass is 79.9. The van der Waals surface area contributed by atoms with Gasteiger partial charge in [-0.2, -0.15) is 0 Å². The van der Waals surface area contributed by atoms with Crippen LogP contribution >= 0.6 is 15.9 Å². The van der Waals surface area contributed by atoms with Crippen molar-refractivity contribution in [1.29, 1.82) is 0 Å². The number of benzene rings is 3. The Hall–Kier alpha value is -1.94. The number of hydrogen-bond donors (Lipinski definition) is 2. The molecule has 122 valence electrons. The number of halogens is 1. The minimum atomic E-state index is -0.215. The first-order valence-corrected chi connectivity index (χ1v) is 8.85. The van der Waals surface area contributed by atoms with Crippen LogP contribution in [0.5, 0.6) is 0 Å². The molecule has 0 amide bonds. The molecule has 0 aliphatic rings. The van der Waals surface area contributed by atoms with E-state index in [2.05, 4.69) is 76.7 Å². The van der Waals surface area contributed by atoms with E-state index >= 15 is 0 Å². The third kappa shape index (κ3) is 4.12. The Labute approximate surface area is 151 Å². The third-order valence-corrected chi connectivity index (χ3v) is 4.63. The van der Waals surface area contributed by atoms with Crippen LogP contribution in [0.25, 0.3) is 11.1 Å². The average molecular weight is 381 g/mol. The van der Waals surface area contributed by atoms with Crippen LogP contribution in [0.1, 0.15) is 30.3 Å². The standard InChI is InChI=1S/C21H21BrN2/c1-15(16-7-3-2-4-8-16)24-21(23)19-11-5-9-17(13-19)18-10-6-12-20(22)14-18/h2-15,21,24H,23H2,1H3. The van der Waals surface area contributed by atoms with E-state index in [1.54, 1.807) is 0 Å². The molecule has 3 aromatic carbocycles. The second kappa shape index (κ2) is 7.75. The predicted molar refractivity (Wildman–Crippen MR) is 104 cm³/mol. The molecular weight excluding hydrogens is 360 g/mol. The Morgan fingerprint density at radius 3 is 2.12 bits per heavy atom. The second-order valence-corrected chi connectivity index (χ2v) is 6.83. The van der Waals surface area contributed by atoms with Crippen molar-refractivity contribution < 1.29 is 0 Å². The number of nitrogens with one attached hydrogen (secondary N) is 1. The van der Waals surface area contributed by atoms with Gasteiger partial charge < -0.3 is 5.73 Å². The van der Waals surface area contributed by atoms with Crippen molar-refractivity contribution in [3.8, 4) is 11.1 Å². The minimum absolute atomic E-state index is 0.190. The van der Waals surface area contributed by atoms with Crippen molar-refractivity contribution in [1.82, 2.24) is 5.32 Å². The van der Waals surface area contributed by atoms with Crippen molar-refractivity contribution in [3.63, 3.8) is 0 Å². The summed E-state index contributed by atoms with van der Waals surface area (Å²) in [5.74, 6) is 0. The van der Waals surface area contributed by atoms with Crippen LogP contribution in [0.15, 0.2) is 83.3 Å². The molecular formula is C21H21BrN2. The van der Waals surface area contributed by atoms with Crippen LogP contribution in [0.4, 0.5) is 0 Å². The summed E-state index contributed by atoms with van der Waals surface area (Å²) in [4.78, 5) is 0. The first-order valence-electron chi connectivity index (χ1n) is 8.06. The lowest BCUT2D eigenvalue weighted by atomic mass is 10.0. The summed E-state index contributed by atoms with van der Waals surface area (Å²) in [6.07, 6.45) is -0.215. The maximum absolute atomic E-state index is 6.39. The quantitative estimate of drug-likeness (QED) is 0.579. The van der Waals surface area contributed by atoms with Crippen molar-refractivity contribution in [2.75, 3.05) is 0 Å². The molecule has 2 nitrogen and oxygen atoms in total. The zero-order valence-corrected chi connectivity index (χ0v) is 15.2. The van der Waals surface area contributed by atoms with Crippen LogP contribution in [0.3, 0.4) is 0 Å². The molecule has 3 N–H and O–H groups in total. The van der Waals surface area contributed by atoms with Crippen LogP contribution in [-0.2, 0) is 0 Å². The normalized spacial score (nSPS) is 13.5. The lowest BCUT2D eigenvalue weighted by molar-refractivity contribution is 0.479. The molecule has 0 saturated heterocycles. The molecule has 0 heterocycles. The molecule has 0 aromatic heterocycles. The monoisotopic (exact) mass is 380 g/mol. The molecule has 0 aliphatic carbocycles. The zero-order valence-electron chi connectivity index (χ0n) is 13.6. The summed E-state index contributed by atoms with van der Waals surface area (Å²) >= 11 is 3.53. The lowest BCUT2D eigenvalue weighted by Gasteiger charge is -2.21. The largest absolute Gasteiger partial charge is 0.312 e. The molecule has 24 heavy (non-hydrogen) atoms. The van der Waals surface area contributed by atoms with E-state index in [0.717, 1.165) is 10.0 Å². The molecule has 2 atom stereocenters. The van der Waals surface area contributed by atoms with E-state index < -0.39 is 0 Å². The highest BCUT2D eigenvalue weighted by Gasteiger charge is 2.12. The van der Waals surface area contributed by atoms with Crippen LogP contribution < -0.4 is 11.1 Å². The van der Waals surface area contributed by atoms with Gasteiger partial charge in [0.1, 0.15) is 0 Å². The van der Waals surface area contributed by atoms with E-state index in [1.165, 1.54) is 16.7 Å². The fraction of sp³-hybridized carbons (Fsp3) is 0.143. The Kier molecular flexibility index (Phi) is 5.46. The summed E-state index contributed by atoms with van der Waals surface area (Å²) in [5.41, 5.74) is 11.0. The minimum Gasteiger partial charge on any atom is -0.312 e.